The number of benzene rings is 1. The van der Waals surface area contributed by atoms with E-state index in [1.54, 1.807) is 0 Å². The van der Waals surface area contributed by atoms with Gasteiger partial charge in [-0.1, -0.05) is 25.1 Å². The van der Waals surface area contributed by atoms with Crippen LogP contribution in [0.3, 0.4) is 0 Å². The summed E-state index contributed by atoms with van der Waals surface area (Å²) in [5, 5.41) is 3.71. The van der Waals surface area contributed by atoms with Crippen molar-refractivity contribution in [3.63, 3.8) is 0 Å². The Bertz CT molecular complexity index is 425. The van der Waals surface area contributed by atoms with Crippen LogP contribution < -0.4 is 10.2 Å². The summed E-state index contributed by atoms with van der Waals surface area (Å²) >= 11 is 0. The predicted octanol–water partition coefficient (Wildman–Crippen LogP) is 3.36. The van der Waals surface area contributed by atoms with Gasteiger partial charge in [0, 0.05) is 30.4 Å². The molecule has 0 bridgehead atoms. The van der Waals surface area contributed by atoms with Crippen LogP contribution in [-0.4, -0.2) is 24.7 Å². The van der Waals surface area contributed by atoms with Crippen LogP contribution in [-0.2, 0) is 6.42 Å². The number of hydrogen-bond acceptors (Lipinski definition) is 2. The fourth-order valence-electron chi connectivity index (χ4n) is 3.30. The molecule has 0 radical (unpaired) electrons. The number of nitrogens with one attached hydrogen (secondary N) is 1. The number of aryl methyl sites for hydroxylation is 1. The summed E-state index contributed by atoms with van der Waals surface area (Å²) in [4.78, 5) is 2.67. The molecule has 1 fully saturated rings. The monoisotopic (exact) mass is 258 g/mol. The van der Waals surface area contributed by atoms with Crippen LogP contribution in [0.4, 0.5) is 5.69 Å². The fraction of sp³-hybridized carbons (Fsp3) is 0.647. The smallest absolute Gasteiger partial charge is 0.0415 e. The molecule has 2 heteroatoms. The largest absolute Gasteiger partial charge is 0.364 e. The van der Waals surface area contributed by atoms with Gasteiger partial charge in [-0.25, -0.2) is 0 Å². The lowest BCUT2D eigenvalue weighted by Gasteiger charge is -2.42. The van der Waals surface area contributed by atoms with E-state index in [1.165, 1.54) is 43.4 Å². The average molecular weight is 258 g/mol. The van der Waals surface area contributed by atoms with E-state index in [2.05, 4.69) is 48.3 Å². The van der Waals surface area contributed by atoms with Crippen molar-refractivity contribution in [1.82, 2.24) is 5.32 Å². The van der Waals surface area contributed by atoms with E-state index >= 15 is 0 Å². The second-order valence-electron chi connectivity index (χ2n) is 6.17. The molecule has 3 rings (SSSR count). The van der Waals surface area contributed by atoms with E-state index in [-0.39, 0.29) is 0 Å². The highest BCUT2D eigenvalue weighted by molar-refractivity contribution is 5.57. The minimum Gasteiger partial charge on any atom is -0.364 e. The number of anilines is 1. The summed E-state index contributed by atoms with van der Waals surface area (Å²) in [6, 6.07) is 11.1. The third-order valence-corrected chi connectivity index (χ3v) is 4.66. The molecule has 1 aromatic rings. The second kappa shape index (κ2) is 5.54. The molecule has 1 aliphatic carbocycles. The normalized spacial score (nSPS) is 24.1. The molecule has 1 aliphatic heterocycles. The van der Waals surface area contributed by atoms with Crippen molar-refractivity contribution in [2.45, 2.75) is 64.1 Å². The first-order valence-corrected chi connectivity index (χ1v) is 7.89. The van der Waals surface area contributed by atoms with Crippen LogP contribution in [0.2, 0.25) is 0 Å². The highest BCUT2D eigenvalue weighted by Crippen LogP contribution is 2.33. The third kappa shape index (κ3) is 2.79. The summed E-state index contributed by atoms with van der Waals surface area (Å²) in [5.74, 6) is 0. The van der Waals surface area contributed by atoms with Crippen LogP contribution in [0.15, 0.2) is 24.3 Å². The molecule has 0 amide bonds. The van der Waals surface area contributed by atoms with Crippen LogP contribution >= 0.6 is 0 Å². The molecular weight excluding hydrogens is 232 g/mol. The minimum absolute atomic E-state index is 0.636. The van der Waals surface area contributed by atoms with Gasteiger partial charge in [0.2, 0.25) is 0 Å². The summed E-state index contributed by atoms with van der Waals surface area (Å²) in [6.45, 7) is 5.85. The molecule has 1 heterocycles. The zero-order valence-electron chi connectivity index (χ0n) is 12.2. The van der Waals surface area contributed by atoms with Crippen LogP contribution in [0.25, 0.3) is 0 Å². The SMILES string of the molecule is CCC(CNC1CC1)N1c2ccccc2CCC1C. The Balaban J connectivity index is 1.79. The number of hydrogen-bond donors (Lipinski definition) is 1. The molecule has 1 saturated carbocycles. The lowest BCUT2D eigenvalue weighted by atomic mass is 9.94. The zero-order valence-corrected chi connectivity index (χ0v) is 12.2. The molecule has 2 aliphatic rings. The Kier molecular flexibility index (Phi) is 3.79. The highest BCUT2D eigenvalue weighted by atomic mass is 15.2. The minimum atomic E-state index is 0.636. The molecule has 2 atom stereocenters. The Morgan fingerprint density at radius 2 is 2.05 bits per heavy atom. The lowest BCUT2D eigenvalue weighted by molar-refractivity contribution is 0.449. The van der Waals surface area contributed by atoms with Gasteiger partial charge in [-0.2, -0.15) is 0 Å². The Hall–Kier alpha value is -1.02. The lowest BCUT2D eigenvalue weighted by Crippen LogP contribution is -2.49. The second-order valence-corrected chi connectivity index (χ2v) is 6.17. The number of para-hydroxylation sites is 1. The molecule has 2 unspecified atom stereocenters. The van der Waals surface area contributed by atoms with E-state index in [1.807, 2.05) is 0 Å². The molecule has 0 saturated heterocycles. The van der Waals surface area contributed by atoms with Gasteiger partial charge in [0.15, 0.2) is 0 Å². The Morgan fingerprint density at radius 3 is 2.79 bits per heavy atom. The van der Waals surface area contributed by atoms with E-state index < -0.39 is 0 Å². The molecule has 1 aromatic carbocycles. The fourth-order valence-corrected chi connectivity index (χ4v) is 3.30. The summed E-state index contributed by atoms with van der Waals surface area (Å²) in [6.07, 6.45) is 6.50. The van der Waals surface area contributed by atoms with Crippen molar-refractivity contribution in [1.29, 1.82) is 0 Å². The van der Waals surface area contributed by atoms with Crippen LogP contribution in [0, 0.1) is 0 Å². The van der Waals surface area contributed by atoms with Crippen LogP contribution in [0.1, 0.15) is 45.1 Å². The Labute approximate surface area is 117 Å². The van der Waals surface area contributed by atoms with Crippen molar-refractivity contribution < 1.29 is 0 Å². The number of rotatable bonds is 5. The van der Waals surface area contributed by atoms with Gasteiger partial charge in [-0.15, -0.1) is 0 Å². The van der Waals surface area contributed by atoms with Gasteiger partial charge in [-0.3, -0.25) is 0 Å². The molecule has 2 nitrogen and oxygen atoms in total. The van der Waals surface area contributed by atoms with Crippen molar-refractivity contribution in [3.8, 4) is 0 Å². The highest BCUT2D eigenvalue weighted by Gasteiger charge is 2.29. The molecule has 1 N–H and O–H groups in total. The summed E-state index contributed by atoms with van der Waals surface area (Å²) in [7, 11) is 0. The van der Waals surface area contributed by atoms with Gasteiger partial charge in [-0.05, 0) is 50.7 Å². The van der Waals surface area contributed by atoms with Gasteiger partial charge >= 0.3 is 0 Å². The molecule has 104 valence electrons. The third-order valence-electron chi connectivity index (χ3n) is 4.66. The molecule has 19 heavy (non-hydrogen) atoms. The molecular formula is C17H26N2. The van der Waals surface area contributed by atoms with E-state index in [4.69, 9.17) is 0 Å². The topological polar surface area (TPSA) is 15.3 Å². The van der Waals surface area contributed by atoms with Crippen molar-refractivity contribution in [2.75, 3.05) is 11.4 Å². The predicted molar refractivity (Wildman–Crippen MR) is 81.8 cm³/mol. The summed E-state index contributed by atoms with van der Waals surface area (Å²) < 4.78 is 0. The summed E-state index contributed by atoms with van der Waals surface area (Å²) in [5.41, 5.74) is 3.01. The maximum absolute atomic E-state index is 3.71. The maximum atomic E-state index is 3.71. The van der Waals surface area contributed by atoms with E-state index in [0.29, 0.717) is 12.1 Å². The van der Waals surface area contributed by atoms with E-state index in [9.17, 15) is 0 Å². The van der Waals surface area contributed by atoms with Gasteiger partial charge < -0.3 is 10.2 Å². The molecule has 0 aromatic heterocycles. The Morgan fingerprint density at radius 1 is 1.26 bits per heavy atom. The van der Waals surface area contributed by atoms with Gasteiger partial charge in [0.1, 0.15) is 0 Å². The van der Waals surface area contributed by atoms with Gasteiger partial charge in [0.05, 0.1) is 0 Å². The maximum Gasteiger partial charge on any atom is 0.0415 e. The number of nitrogens with zero attached hydrogens (tertiary/aromatic N) is 1. The van der Waals surface area contributed by atoms with Crippen molar-refractivity contribution in [2.24, 2.45) is 0 Å². The van der Waals surface area contributed by atoms with Crippen LogP contribution in [0.5, 0.6) is 0 Å². The number of fused-ring (bicyclic) bond motifs is 1. The van der Waals surface area contributed by atoms with Crippen molar-refractivity contribution in [3.05, 3.63) is 29.8 Å². The quantitative estimate of drug-likeness (QED) is 0.871. The standard InChI is InChI=1S/C17H26N2/c1-3-16(12-18-15-10-11-15)19-13(2)8-9-14-6-4-5-7-17(14)19/h4-7,13,15-16,18H,3,8-12H2,1-2H3. The first-order chi connectivity index (χ1) is 9.29. The zero-order chi connectivity index (χ0) is 13.2. The molecule has 0 spiro atoms. The van der Waals surface area contributed by atoms with Crippen molar-refractivity contribution >= 4 is 5.69 Å². The first kappa shape index (κ1) is 13.0. The van der Waals surface area contributed by atoms with E-state index in [0.717, 1.165) is 12.6 Å². The first-order valence-electron chi connectivity index (χ1n) is 7.89. The van der Waals surface area contributed by atoms with Gasteiger partial charge in [0.25, 0.3) is 0 Å². The average Bonchev–Trinajstić information content (AvgIpc) is 3.25.